The van der Waals surface area contributed by atoms with Crippen LogP contribution in [0.15, 0.2) is 23.3 Å². The third-order valence-electron chi connectivity index (χ3n) is 7.78. The summed E-state index contributed by atoms with van der Waals surface area (Å²) in [6, 6.07) is 0. The minimum atomic E-state index is -0.144. The van der Waals surface area contributed by atoms with Gasteiger partial charge in [-0.15, -0.1) is 0 Å². The van der Waals surface area contributed by atoms with Crippen LogP contribution in [0.3, 0.4) is 0 Å². The van der Waals surface area contributed by atoms with Crippen molar-refractivity contribution in [2.75, 3.05) is 0 Å². The van der Waals surface area contributed by atoms with E-state index in [-0.39, 0.29) is 22.9 Å². The average molecular weight is 300 g/mol. The van der Waals surface area contributed by atoms with Crippen LogP contribution in [-0.4, -0.2) is 17.5 Å². The Morgan fingerprint density at radius 2 is 1.91 bits per heavy atom. The number of aliphatic hydroxyl groups is 1. The molecule has 22 heavy (non-hydrogen) atoms. The lowest BCUT2D eigenvalue weighted by molar-refractivity contribution is -0.114. The van der Waals surface area contributed by atoms with Crippen molar-refractivity contribution in [1.82, 2.24) is 0 Å². The molecule has 3 fully saturated rings. The van der Waals surface area contributed by atoms with E-state index in [9.17, 15) is 9.90 Å². The van der Waals surface area contributed by atoms with Crippen molar-refractivity contribution in [3.05, 3.63) is 23.3 Å². The number of hydrogen-bond donors (Lipinski definition) is 1. The Labute approximate surface area is 133 Å². The van der Waals surface area contributed by atoms with Gasteiger partial charge in [0.25, 0.3) is 0 Å². The highest BCUT2D eigenvalue weighted by Gasteiger charge is 2.56. The van der Waals surface area contributed by atoms with Gasteiger partial charge >= 0.3 is 0 Å². The standard InChI is InChI=1S/C20H28O2/c1-19-9-7-15(22)11-13(19)3-5-16-17-6-4-14(12-21)20(17,2)10-8-18(16)19/h3,5,12,14-15,17-18,22H,4,6-11H2,1-2H3. The van der Waals surface area contributed by atoms with E-state index >= 15 is 0 Å². The van der Waals surface area contributed by atoms with Crippen LogP contribution in [0.4, 0.5) is 0 Å². The minimum absolute atomic E-state index is 0.144. The van der Waals surface area contributed by atoms with Crippen molar-refractivity contribution in [2.24, 2.45) is 28.6 Å². The molecule has 6 atom stereocenters. The minimum Gasteiger partial charge on any atom is -0.393 e. The Balaban J connectivity index is 1.73. The zero-order chi connectivity index (χ0) is 15.5. The molecule has 120 valence electrons. The van der Waals surface area contributed by atoms with Gasteiger partial charge in [-0.05, 0) is 67.6 Å². The molecule has 1 N–H and O–H groups in total. The topological polar surface area (TPSA) is 37.3 Å². The predicted octanol–water partition coefficient (Wildman–Crippen LogP) is 4.05. The second kappa shape index (κ2) is 4.80. The molecule has 0 bridgehead atoms. The fourth-order valence-corrected chi connectivity index (χ4v) is 6.25. The summed E-state index contributed by atoms with van der Waals surface area (Å²) in [5.74, 6) is 1.50. The molecule has 0 saturated heterocycles. The summed E-state index contributed by atoms with van der Waals surface area (Å²) in [4.78, 5) is 11.5. The van der Waals surface area contributed by atoms with Gasteiger partial charge in [0, 0.05) is 5.92 Å². The molecule has 0 amide bonds. The van der Waals surface area contributed by atoms with Gasteiger partial charge in [0.05, 0.1) is 6.10 Å². The van der Waals surface area contributed by atoms with E-state index in [1.165, 1.54) is 31.1 Å². The molecular weight excluding hydrogens is 272 g/mol. The molecule has 2 nitrogen and oxygen atoms in total. The fraction of sp³-hybridized carbons (Fsp3) is 0.750. The first kappa shape index (κ1) is 14.7. The third kappa shape index (κ3) is 1.79. The quantitative estimate of drug-likeness (QED) is 0.742. The van der Waals surface area contributed by atoms with Crippen molar-refractivity contribution in [2.45, 2.75) is 64.9 Å². The molecule has 0 spiro atoms. The Bertz CT molecular complexity index is 560. The Morgan fingerprint density at radius 1 is 1.09 bits per heavy atom. The van der Waals surface area contributed by atoms with Crippen LogP contribution >= 0.6 is 0 Å². The Kier molecular flexibility index (Phi) is 3.21. The predicted molar refractivity (Wildman–Crippen MR) is 87.2 cm³/mol. The summed E-state index contributed by atoms with van der Waals surface area (Å²) < 4.78 is 0. The molecule has 4 aliphatic carbocycles. The lowest BCUT2D eigenvalue weighted by atomic mass is 9.50. The number of aldehydes is 1. The molecule has 0 aliphatic heterocycles. The zero-order valence-electron chi connectivity index (χ0n) is 13.8. The van der Waals surface area contributed by atoms with E-state index in [1.807, 2.05) is 0 Å². The van der Waals surface area contributed by atoms with E-state index in [0.29, 0.717) is 11.8 Å². The first-order valence-corrected chi connectivity index (χ1v) is 9.03. The number of allylic oxidation sites excluding steroid dienone is 3. The molecule has 4 aliphatic rings. The second-order valence-corrected chi connectivity index (χ2v) is 8.64. The summed E-state index contributed by atoms with van der Waals surface area (Å²) in [5.41, 5.74) is 3.54. The molecule has 4 rings (SSSR count). The van der Waals surface area contributed by atoms with Crippen molar-refractivity contribution < 1.29 is 9.90 Å². The maximum Gasteiger partial charge on any atom is 0.123 e. The highest BCUT2D eigenvalue weighted by molar-refractivity contribution is 5.57. The van der Waals surface area contributed by atoms with Crippen molar-refractivity contribution in [3.8, 4) is 0 Å². The SMILES string of the molecule is CC12CCC(O)CC1=CC=C1C2CCC2(C)C(C=O)CCC12. The van der Waals surface area contributed by atoms with Crippen molar-refractivity contribution in [1.29, 1.82) is 0 Å². The monoisotopic (exact) mass is 300 g/mol. The van der Waals surface area contributed by atoms with Crippen LogP contribution in [0.1, 0.15) is 58.8 Å². The Hall–Kier alpha value is -0.890. The van der Waals surface area contributed by atoms with Gasteiger partial charge in [-0.1, -0.05) is 37.1 Å². The number of hydrogen-bond acceptors (Lipinski definition) is 2. The molecule has 3 saturated carbocycles. The number of carbonyl (C=O) groups excluding carboxylic acids is 1. The normalized spacial score (nSPS) is 50.3. The maximum atomic E-state index is 11.5. The summed E-state index contributed by atoms with van der Waals surface area (Å²) in [6.07, 6.45) is 13.3. The van der Waals surface area contributed by atoms with E-state index < -0.39 is 0 Å². The van der Waals surface area contributed by atoms with Crippen LogP contribution in [0.2, 0.25) is 0 Å². The smallest absolute Gasteiger partial charge is 0.123 e. The van der Waals surface area contributed by atoms with E-state index in [0.717, 1.165) is 25.7 Å². The van der Waals surface area contributed by atoms with Crippen LogP contribution in [0.5, 0.6) is 0 Å². The summed E-state index contributed by atoms with van der Waals surface area (Å²) >= 11 is 0. The summed E-state index contributed by atoms with van der Waals surface area (Å²) in [6.45, 7) is 4.78. The third-order valence-corrected chi connectivity index (χ3v) is 7.78. The van der Waals surface area contributed by atoms with E-state index in [1.54, 1.807) is 5.57 Å². The molecule has 6 unspecified atom stereocenters. The van der Waals surface area contributed by atoms with Crippen LogP contribution in [0.25, 0.3) is 0 Å². The number of aliphatic hydroxyl groups excluding tert-OH is 1. The summed E-state index contributed by atoms with van der Waals surface area (Å²) in [7, 11) is 0. The van der Waals surface area contributed by atoms with Crippen LogP contribution in [-0.2, 0) is 4.79 Å². The van der Waals surface area contributed by atoms with Crippen LogP contribution in [0, 0.1) is 28.6 Å². The number of fused-ring (bicyclic) bond motifs is 5. The largest absolute Gasteiger partial charge is 0.393 e. The maximum absolute atomic E-state index is 11.5. The van der Waals surface area contributed by atoms with Gasteiger partial charge in [0.15, 0.2) is 0 Å². The highest BCUT2D eigenvalue weighted by Crippen LogP contribution is 2.64. The van der Waals surface area contributed by atoms with E-state index in [2.05, 4.69) is 26.0 Å². The molecule has 0 aromatic carbocycles. The fourth-order valence-electron chi connectivity index (χ4n) is 6.25. The highest BCUT2D eigenvalue weighted by atomic mass is 16.3. The van der Waals surface area contributed by atoms with E-state index in [4.69, 9.17) is 0 Å². The van der Waals surface area contributed by atoms with Gasteiger partial charge in [0.1, 0.15) is 6.29 Å². The molecule has 0 heterocycles. The number of carbonyl (C=O) groups is 1. The van der Waals surface area contributed by atoms with Gasteiger partial charge in [-0.25, -0.2) is 0 Å². The Morgan fingerprint density at radius 3 is 2.68 bits per heavy atom. The average Bonchev–Trinajstić information content (AvgIpc) is 2.84. The molecule has 0 aromatic heterocycles. The van der Waals surface area contributed by atoms with Gasteiger partial charge in [-0.3, -0.25) is 0 Å². The molecule has 2 heteroatoms. The first-order chi connectivity index (χ1) is 10.5. The van der Waals surface area contributed by atoms with Crippen molar-refractivity contribution in [3.63, 3.8) is 0 Å². The first-order valence-electron chi connectivity index (χ1n) is 9.03. The second-order valence-electron chi connectivity index (χ2n) is 8.64. The lowest BCUT2D eigenvalue weighted by Gasteiger charge is -2.54. The lowest BCUT2D eigenvalue weighted by Crippen LogP contribution is -2.46. The van der Waals surface area contributed by atoms with Gasteiger partial charge in [0.2, 0.25) is 0 Å². The zero-order valence-corrected chi connectivity index (χ0v) is 13.8. The number of rotatable bonds is 1. The summed E-state index contributed by atoms with van der Waals surface area (Å²) in [5, 5.41) is 10.0. The van der Waals surface area contributed by atoms with Crippen LogP contribution < -0.4 is 0 Å². The van der Waals surface area contributed by atoms with Gasteiger partial charge < -0.3 is 9.90 Å². The van der Waals surface area contributed by atoms with Crippen molar-refractivity contribution >= 4 is 6.29 Å². The molecular formula is C20H28O2. The van der Waals surface area contributed by atoms with Gasteiger partial charge in [-0.2, -0.15) is 0 Å². The molecule has 0 radical (unpaired) electrons. The molecule has 0 aromatic rings.